The highest BCUT2D eigenvalue weighted by Gasteiger charge is 2.49. The summed E-state index contributed by atoms with van der Waals surface area (Å²) in [7, 11) is 2.09. The van der Waals surface area contributed by atoms with Crippen molar-refractivity contribution in [2.45, 2.75) is 89.8 Å². The number of Topliss-reactive ketones (excluding diaryl/α,β-unsaturated/α-hetero) is 1. The molecule has 11 heteroatoms. The number of nitriles is 1. The molecule has 5 rings (SSSR count). The number of benzene rings is 1. The number of likely N-dealkylation sites (N-methyl/N-ethyl adjacent to an activating group) is 1. The zero-order valence-electron chi connectivity index (χ0n) is 28.3. The summed E-state index contributed by atoms with van der Waals surface area (Å²) in [5, 5.41) is 9.69. The van der Waals surface area contributed by atoms with Crippen LogP contribution in [0.2, 0.25) is 0 Å². The number of carbonyl (C=O) groups excluding carboxylic acids is 2. The van der Waals surface area contributed by atoms with E-state index in [4.69, 9.17) is 19.4 Å². The largest absolute Gasteiger partial charge is 0.462 e. The molecule has 0 saturated carbocycles. The summed E-state index contributed by atoms with van der Waals surface area (Å²) in [6.45, 7) is 14.3. The number of ether oxygens (including phenoxy) is 2. The quantitative estimate of drug-likeness (QED) is 0.268. The maximum Gasteiger partial charge on any atom is 0.410 e. The lowest BCUT2D eigenvalue weighted by molar-refractivity contribution is 0.0144. The van der Waals surface area contributed by atoms with Crippen LogP contribution in [0.4, 0.5) is 10.6 Å². The number of likely N-dealkylation sites (tertiary alicyclic amines) is 1. The van der Waals surface area contributed by atoms with Gasteiger partial charge in [-0.1, -0.05) is 47.1 Å². The summed E-state index contributed by atoms with van der Waals surface area (Å²) in [6.07, 6.45) is 5.40. The van der Waals surface area contributed by atoms with Gasteiger partial charge in [-0.15, -0.1) is 6.58 Å². The highest BCUT2D eigenvalue weighted by Crippen LogP contribution is 2.51. The number of hydrogen-bond donors (Lipinski definition) is 0. The van der Waals surface area contributed by atoms with E-state index in [9.17, 15) is 14.9 Å². The van der Waals surface area contributed by atoms with Crippen LogP contribution in [0, 0.1) is 16.7 Å². The fourth-order valence-electron chi connectivity index (χ4n) is 7.31. The van der Waals surface area contributed by atoms with Gasteiger partial charge in [0.1, 0.15) is 23.7 Å². The molecular formula is C36H47BrN6O4. The van der Waals surface area contributed by atoms with Crippen molar-refractivity contribution in [3.63, 3.8) is 0 Å². The number of ketones is 1. The number of fused-ring (bicyclic) bond motifs is 1. The van der Waals surface area contributed by atoms with Crippen molar-refractivity contribution < 1.29 is 19.1 Å². The van der Waals surface area contributed by atoms with Crippen LogP contribution in [0.1, 0.15) is 87.3 Å². The Morgan fingerprint density at radius 2 is 2.00 bits per heavy atom. The van der Waals surface area contributed by atoms with Gasteiger partial charge in [0.05, 0.1) is 18.5 Å². The zero-order valence-corrected chi connectivity index (χ0v) is 29.9. The third-order valence-corrected chi connectivity index (χ3v) is 10.7. The van der Waals surface area contributed by atoms with Crippen LogP contribution >= 0.6 is 15.9 Å². The molecule has 0 N–H and O–H groups in total. The van der Waals surface area contributed by atoms with Crippen molar-refractivity contribution in [1.29, 1.82) is 5.26 Å². The monoisotopic (exact) mass is 706 g/mol. The van der Waals surface area contributed by atoms with Crippen LogP contribution < -0.4 is 9.64 Å². The number of allylic oxidation sites excluding steroid dienone is 1. The summed E-state index contributed by atoms with van der Waals surface area (Å²) in [5.41, 5.74) is 0.857. The SMILES string of the molecule is C=CCC1(C(C)c2ccccc2Br)CCc2c(nc(OCC3CCCN3C)nc2N2CCN(C(=O)OC(C)(C)C)C(CC#N)C2)C1=O. The summed E-state index contributed by atoms with van der Waals surface area (Å²) in [4.78, 5) is 43.8. The van der Waals surface area contributed by atoms with Crippen LogP contribution in [0.15, 0.2) is 41.4 Å². The van der Waals surface area contributed by atoms with Crippen LogP contribution in [0.5, 0.6) is 6.01 Å². The van der Waals surface area contributed by atoms with Gasteiger partial charge in [0.25, 0.3) is 0 Å². The second-order valence-electron chi connectivity index (χ2n) is 14.1. The minimum atomic E-state index is -0.744. The van der Waals surface area contributed by atoms with Crippen LogP contribution in [-0.4, -0.2) is 89.2 Å². The van der Waals surface area contributed by atoms with Crippen molar-refractivity contribution >= 4 is 33.6 Å². The molecule has 1 aromatic heterocycles. The molecule has 1 aromatic carbocycles. The average molecular weight is 708 g/mol. The Morgan fingerprint density at radius 1 is 1.23 bits per heavy atom. The first-order chi connectivity index (χ1) is 22.4. The Bertz CT molecular complexity index is 1540. The van der Waals surface area contributed by atoms with E-state index in [2.05, 4.69) is 58.4 Å². The number of rotatable bonds is 9. The number of amides is 1. The molecule has 4 unspecified atom stereocenters. The number of carbonyl (C=O) groups is 2. The average Bonchev–Trinajstić information content (AvgIpc) is 3.44. The molecule has 2 fully saturated rings. The van der Waals surface area contributed by atoms with Crippen LogP contribution in [0.25, 0.3) is 0 Å². The first-order valence-corrected chi connectivity index (χ1v) is 17.4. The summed E-state index contributed by atoms with van der Waals surface area (Å²) in [5.74, 6) is 0.504. The van der Waals surface area contributed by atoms with Gasteiger partial charge in [0.15, 0.2) is 5.78 Å². The normalized spacial score (nSPS) is 24.0. The second kappa shape index (κ2) is 14.3. The summed E-state index contributed by atoms with van der Waals surface area (Å²) < 4.78 is 12.9. The Kier molecular flexibility index (Phi) is 10.6. The van der Waals surface area contributed by atoms with Gasteiger partial charge >= 0.3 is 12.1 Å². The molecule has 47 heavy (non-hydrogen) atoms. The molecule has 0 bridgehead atoms. The highest BCUT2D eigenvalue weighted by molar-refractivity contribution is 9.10. The van der Waals surface area contributed by atoms with Gasteiger partial charge in [0.2, 0.25) is 0 Å². The standard InChI is InChI=1S/C36H47BrN6O4/c1-7-16-36(24(2)27-12-8-9-13-29(27)37)17-14-28-30(31(36)44)39-33(46-23-26-11-10-19-41(26)6)40-32(28)42-20-21-43(25(22-42)15-18-38)34(45)47-35(3,4)5/h7-9,12-13,24-26H,1,10-11,14-17,19-23H2,2-6H3. The van der Waals surface area contributed by atoms with E-state index < -0.39 is 23.2 Å². The molecule has 2 aromatic rings. The smallest absolute Gasteiger partial charge is 0.410 e. The third kappa shape index (κ3) is 7.34. The lowest BCUT2D eigenvalue weighted by Crippen LogP contribution is -2.56. The Hall–Kier alpha value is -3.49. The zero-order chi connectivity index (χ0) is 33.9. The number of nitrogens with zero attached hydrogens (tertiary/aromatic N) is 6. The molecule has 0 radical (unpaired) electrons. The topological polar surface area (TPSA) is 112 Å². The van der Waals surface area contributed by atoms with Gasteiger partial charge in [-0.05, 0) is 84.0 Å². The molecule has 3 heterocycles. The molecule has 4 atom stereocenters. The van der Waals surface area contributed by atoms with E-state index >= 15 is 0 Å². The third-order valence-electron chi connectivity index (χ3n) is 9.98. The number of aromatic nitrogens is 2. The van der Waals surface area contributed by atoms with E-state index in [0.29, 0.717) is 57.0 Å². The molecule has 0 spiro atoms. The molecule has 1 aliphatic carbocycles. The van der Waals surface area contributed by atoms with Gasteiger partial charge in [-0.25, -0.2) is 4.79 Å². The Balaban J connectivity index is 1.53. The predicted octanol–water partition coefficient (Wildman–Crippen LogP) is 6.55. The van der Waals surface area contributed by atoms with E-state index in [0.717, 1.165) is 35.0 Å². The minimum Gasteiger partial charge on any atom is -0.462 e. The van der Waals surface area contributed by atoms with E-state index in [1.54, 1.807) is 4.90 Å². The van der Waals surface area contributed by atoms with Crippen molar-refractivity contribution in [3.8, 4) is 12.1 Å². The molecule has 3 aliphatic rings. The number of piperazine rings is 1. The lowest BCUT2D eigenvalue weighted by atomic mass is 9.61. The second-order valence-corrected chi connectivity index (χ2v) is 15.0. The number of anilines is 1. The van der Waals surface area contributed by atoms with Crippen molar-refractivity contribution in [2.75, 3.05) is 44.7 Å². The number of halogens is 1. The number of hydrogen-bond acceptors (Lipinski definition) is 9. The first-order valence-electron chi connectivity index (χ1n) is 16.6. The maximum atomic E-state index is 14.8. The van der Waals surface area contributed by atoms with Crippen molar-refractivity contribution in [1.82, 2.24) is 19.8 Å². The Labute approximate surface area is 287 Å². The van der Waals surface area contributed by atoms with Gasteiger partial charge in [0, 0.05) is 41.1 Å². The minimum absolute atomic E-state index is 0.0330. The highest BCUT2D eigenvalue weighted by atomic mass is 79.9. The maximum absolute atomic E-state index is 14.8. The molecule has 1 amide bonds. The molecule has 2 aliphatic heterocycles. The fraction of sp³-hybridized carbons (Fsp3) is 0.583. The molecule has 2 saturated heterocycles. The van der Waals surface area contributed by atoms with E-state index in [1.807, 2.05) is 45.0 Å². The van der Waals surface area contributed by atoms with Crippen LogP contribution in [0.3, 0.4) is 0 Å². The summed E-state index contributed by atoms with van der Waals surface area (Å²) >= 11 is 3.72. The van der Waals surface area contributed by atoms with Gasteiger partial charge < -0.3 is 24.2 Å². The molecule has 10 nitrogen and oxygen atoms in total. The van der Waals surface area contributed by atoms with Crippen LogP contribution in [-0.2, 0) is 11.2 Å². The van der Waals surface area contributed by atoms with Gasteiger partial charge in [-0.3, -0.25) is 4.79 Å². The van der Waals surface area contributed by atoms with Gasteiger partial charge in [-0.2, -0.15) is 15.2 Å². The first kappa shape index (κ1) is 34.8. The molecular weight excluding hydrogens is 660 g/mol. The summed E-state index contributed by atoms with van der Waals surface area (Å²) in [6, 6.07) is 10.3. The Morgan fingerprint density at radius 3 is 2.66 bits per heavy atom. The van der Waals surface area contributed by atoms with Crippen molar-refractivity contribution in [3.05, 3.63) is 58.2 Å². The fourth-order valence-corrected chi connectivity index (χ4v) is 7.94. The van der Waals surface area contributed by atoms with E-state index in [1.165, 1.54) is 0 Å². The van der Waals surface area contributed by atoms with E-state index in [-0.39, 0.29) is 30.2 Å². The van der Waals surface area contributed by atoms with Crippen molar-refractivity contribution in [2.24, 2.45) is 5.41 Å². The lowest BCUT2D eigenvalue weighted by Gasteiger charge is -2.44. The molecule has 252 valence electrons. The predicted molar refractivity (Wildman–Crippen MR) is 185 cm³/mol.